The van der Waals surface area contributed by atoms with Crippen LogP contribution < -0.4 is 10.3 Å². The molecule has 0 aromatic carbocycles. The van der Waals surface area contributed by atoms with Gasteiger partial charge in [0.2, 0.25) is 0 Å². The Labute approximate surface area is 222 Å². The number of aryl methyl sites for hydroxylation is 2. The zero-order chi connectivity index (χ0) is 27.4. The monoisotopic (exact) mass is 541 g/mol. The number of rotatable bonds is 7. The molecule has 4 aromatic rings. The van der Waals surface area contributed by atoms with E-state index in [0.717, 1.165) is 30.3 Å². The van der Waals surface area contributed by atoms with Gasteiger partial charge >= 0.3 is 0 Å². The first-order valence-electron chi connectivity index (χ1n) is 12.1. The van der Waals surface area contributed by atoms with Crippen molar-refractivity contribution in [2.45, 2.75) is 58.7 Å². The van der Waals surface area contributed by atoms with Crippen LogP contribution in [0.25, 0.3) is 11.5 Å². The smallest absolute Gasteiger partial charge is 0.277 e. The summed E-state index contributed by atoms with van der Waals surface area (Å²) in [5, 5.41) is 15.0. The minimum atomic E-state index is -1.12. The van der Waals surface area contributed by atoms with E-state index in [2.05, 4.69) is 15.1 Å². The fourth-order valence-corrected chi connectivity index (χ4v) is 4.38. The summed E-state index contributed by atoms with van der Waals surface area (Å²) in [4.78, 5) is 21.6. The summed E-state index contributed by atoms with van der Waals surface area (Å²) in [7, 11) is 0. The molecule has 4 heterocycles. The number of aromatic nitrogens is 5. The third-order valence-electron chi connectivity index (χ3n) is 6.43. The van der Waals surface area contributed by atoms with Crippen molar-refractivity contribution in [3.05, 3.63) is 92.0 Å². The number of pyridine rings is 3. The number of hydrogen-bond acceptors (Lipinski definition) is 6. The number of hydrogen-bond donors (Lipinski definition) is 1. The second-order valence-electron chi connectivity index (χ2n) is 10.0. The van der Waals surface area contributed by atoms with Gasteiger partial charge in [0.1, 0.15) is 34.5 Å². The molecule has 0 aliphatic heterocycles. The van der Waals surface area contributed by atoms with Crippen molar-refractivity contribution in [1.82, 2.24) is 24.3 Å². The largest absolute Gasteiger partial charge is 0.485 e. The molecule has 1 saturated carbocycles. The maximum absolute atomic E-state index is 14.0. The third kappa shape index (κ3) is 4.93. The van der Waals surface area contributed by atoms with E-state index >= 15 is 0 Å². The van der Waals surface area contributed by atoms with Gasteiger partial charge in [0.25, 0.3) is 5.56 Å². The minimum absolute atomic E-state index is 0.0563. The molecule has 4 aromatic heterocycles. The highest BCUT2D eigenvalue weighted by Crippen LogP contribution is 2.42. The Morgan fingerprint density at radius 1 is 1.13 bits per heavy atom. The van der Waals surface area contributed by atoms with Gasteiger partial charge in [-0.3, -0.25) is 14.3 Å². The Morgan fingerprint density at radius 2 is 1.87 bits per heavy atom. The summed E-state index contributed by atoms with van der Waals surface area (Å²) in [5.74, 6) is -0.765. The molecule has 5 rings (SSSR count). The van der Waals surface area contributed by atoms with Crippen LogP contribution in [0.5, 0.6) is 5.75 Å². The zero-order valence-electron chi connectivity index (χ0n) is 21.3. The second-order valence-corrected chi connectivity index (χ2v) is 10.4. The molecule has 0 amide bonds. The summed E-state index contributed by atoms with van der Waals surface area (Å²) >= 11 is 6.40. The molecule has 198 valence electrons. The van der Waals surface area contributed by atoms with Crippen molar-refractivity contribution in [1.29, 1.82) is 0 Å². The summed E-state index contributed by atoms with van der Waals surface area (Å²) < 4.78 is 35.9. The first-order chi connectivity index (χ1) is 17.9. The Morgan fingerprint density at radius 3 is 2.53 bits per heavy atom. The highest BCUT2D eigenvalue weighted by atomic mass is 35.5. The van der Waals surface area contributed by atoms with Gasteiger partial charge in [-0.1, -0.05) is 11.6 Å². The van der Waals surface area contributed by atoms with Gasteiger partial charge in [0.05, 0.1) is 17.6 Å². The molecule has 1 aliphatic carbocycles. The molecular weight excluding hydrogens is 516 g/mol. The normalized spacial score (nSPS) is 13.7. The van der Waals surface area contributed by atoms with Crippen LogP contribution in [0.15, 0.2) is 41.5 Å². The van der Waals surface area contributed by atoms with Crippen LogP contribution in [0.2, 0.25) is 5.02 Å². The Kier molecular flexibility index (Phi) is 6.56. The lowest BCUT2D eigenvalue weighted by atomic mass is 10.1. The van der Waals surface area contributed by atoms with Crippen LogP contribution in [0.4, 0.5) is 8.78 Å². The van der Waals surface area contributed by atoms with E-state index in [-0.39, 0.29) is 23.1 Å². The number of nitrogens with zero attached hydrogens (tertiary/aromatic N) is 5. The van der Waals surface area contributed by atoms with Crippen LogP contribution in [0.1, 0.15) is 60.9 Å². The maximum Gasteiger partial charge on any atom is 0.277 e. The minimum Gasteiger partial charge on any atom is -0.485 e. The van der Waals surface area contributed by atoms with Gasteiger partial charge < -0.3 is 9.84 Å². The Hall–Kier alpha value is -3.63. The van der Waals surface area contributed by atoms with Gasteiger partial charge in [-0.05, 0) is 52.2 Å². The zero-order valence-corrected chi connectivity index (χ0v) is 22.1. The van der Waals surface area contributed by atoms with E-state index in [0.29, 0.717) is 34.9 Å². The van der Waals surface area contributed by atoms with Crippen molar-refractivity contribution in [3.8, 4) is 17.3 Å². The van der Waals surface area contributed by atoms with Gasteiger partial charge in [-0.15, -0.1) is 0 Å². The summed E-state index contributed by atoms with van der Waals surface area (Å²) in [6.07, 6.45) is 4.60. The summed E-state index contributed by atoms with van der Waals surface area (Å²) in [6.45, 7) is 6.57. The lowest BCUT2D eigenvalue weighted by molar-refractivity contribution is 0.0734. The molecule has 1 fully saturated rings. The van der Waals surface area contributed by atoms with E-state index in [4.69, 9.17) is 16.3 Å². The summed E-state index contributed by atoms with van der Waals surface area (Å²) in [6, 6.07) is 5.93. The predicted molar refractivity (Wildman–Crippen MR) is 137 cm³/mol. The van der Waals surface area contributed by atoms with E-state index in [1.165, 1.54) is 4.57 Å². The summed E-state index contributed by atoms with van der Waals surface area (Å²) in [5.41, 5.74) is 1.52. The van der Waals surface area contributed by atoms with Crippen LogP contribution in [0, 0.1) is 25.5 Å². The Balaban J connectivity index is 1.53. The molecular formula is C27H26ClF2N5O3. The first kappa shape index (κ1) is 26.0. The average Bonchev–Trinajstić information content (AvgIpc) is 3.59. The molecule has 38 heavy (non-hydrogen) atoms. The topological polar surface area (TPSA) is 95.1 Å². The molecule has 1 N–H and O–H groups in total. The van der Waals surface area contributed by atoms with Crippen LogP contribution in [-0.4, -0.2) is 29.4 Å². The fourth-order valence-electron chi connectivity index (χ4n) is 4.19. The SMILES string of the molecule is Cc1cnc(-n2nc(C(C)(C)O)cc2C2CC2)cc1-n1c(C)cc(OCc2ncc(F)cc2F)c(Cl)c1=O. The highest BCUT2D eigenvalue weighted by Gasteiger charge is 2.32. The molecule has 11 heteroatoms. The molecule has 0 bridgehead atoms. The van der Waals surface area contributed by atoms with E-state index in [9.17, 15) is 18.7 Å². The fraction of sp³-hybridized carbons (Fsp3) is 0.333. The maximum atomic E-state index is 14.0. The van der Waals surface area contributed by atoms with Gasteiger partial charge in [0, 0.05) is 41.7 Å². The van der Waals surface area contributed by atoms with Gasteiger partial charge in [-0.2, -0.15) is 5.10 Å². The van der Waals surface area contributed by atoms with Crippen molar-refractivity contribution in [2.24, 2.45) is 0 Å². The molecule has 0 saturated heterocycles. The van der Waals surface area contributed by atoms with E-state index in [1.54, 1.807) is 43.8 Å². The highest BCUT2D eigenvalue weighted by molar-refractivity contribution is 6.31. The van der Waals surface area contributed by atoms with E-state index < -0.39 is 22.8 Å². The average molecular weight is 542 g/mol. The number of halogens is 3. The number of aliphatic hydroxyl groups is 1. The molecule has 8 nitrogen and oxygen atoms in total. The van der Waals surface area contributed by atoms with E-state index in [1.807, 2.05) is 13.0 Å². The van der Waals surface area contributed by atoms with Gasteiger partial charge in [-0.25, -0.2) is 18.4 Å². The van der Waals surface area contributed by atoms with Crippen molar-refractivity contribution < 1.29 is 18.6 Å². The molecule has 1 aliphatic rings. The molecule has 0 atom stereocenters. The Bertz CT molecular complexity index is 1610. The van der Waals surface area contributed by atoms with Crippen molar-refractivity contribution >= 4 is 11.6 Å². The van der Waals surface area contributed by atoms with Crippen LogP contribution in [0.3, 0.4) is 0 Å². The quantitative estimate of drug-likeness (QED) is 0.352. The standard InChI is InChI=1S/C27H26ClF2N5O3/c1-14-11-32-24(35-21(16-5-6-16)9-23(33-35)27(3,4)37)10-20(14)34-15(2)7-22(25(28)26(34)36)38-13-19-18(30)8-17(29)12-31-19/h7-12,16,37H,5-6,13H2,1-4H3. The molecule has 0 spiro atoms. The van der Waals surface area contributed by atoms with Crippen LogP contribution in [-0.2, 0) is 12.2 Å². The van der Waals surface area contributed by atoms with Gasteiger partial charge in [0.15, 0.2) is 11.6 Å². The first-order valence-corrected chi connectivity index (χ1v) is 12.5. The predicted octanol–water partition coefficient (Wildman–Crippen LogP) is 5.05. The molecule has 0 radical (unpaired) electrons. The van der Waals surface area contributed by atoms with Crippen molar-refractivity contribution in [2.75, 3.05) is 0 Å². The number of ether oxygens (including phenoxy) is 1. The second kappa shape index (κ2) is 9.59. The molecule has 0 unspecified atom stereocenters. The van der Waals surface area contributed by atoms with Crippen LogP contribution >= 0.6 is 11.6 Å². The lowest BCUT2D eigenvalue weighted by Crippen LogP contribution is -2.23. The lowest BCUT2D eigenvalue weighted by Gasteiger charge is -2.17. The third-order valence-corrected chi connectivity index (χ3v) is 6.77. The van der Waals surface area contributed by atoms with Crippen molar-refractivity contribution in [3.63, 3.8) is 0 Å².